The highest BCUT2D eigenvalue weighted by Crippen LogP contribution is 2.28. The van der Waals surface area contributed by atoms with Crippen molar-refractivity contribution in [2.45, 2.75) is 13.0 Å². The molecule has 1 aromatic heterocycles. The van der Waals surface area contributed by atoms with Gasteiger partial charge in [0.25, 0.3) is 0 Å². The maximum absolute atomic E-state index is 4.07. The number of hydrogen-bond acceptors (Lipinski definition) is 3. The van der Waals surface area contributed by atoms with Gasteiger partial charge in [-0.05, 0) is 13.0 Å². The molecule has 1 unspecified atom stereocenters. The molecule has 0 radical (unpaired) electrons. The quantitative estimate of drug-likeness (QED) is 0.625. The van der Waals surface area contributed by atoms with Gasteiger partial charge in [0.05, 0.1) is 17.6 Å². The molecule has 1 aliphatic rings. The fraction of sp³-hybridized carbons (Fsp3) is 0.444. The van der Waals surface area contributed by atoms with Crippen LogP contribution in [0.5, 0.6) is 0 Å². The highest BCUT2D eigenvalue weighted by Gasteiger charge is 2.18. The van der Waals surface area contributed by atoms with E-state index < -0.39 is 0 Å². The Morgan fingerprint density at radius 2 is 2.50 bits per heavy atom. The molecular weight excluding hydrogens is 150 g/mol. The molecule has 1 aromatic rings. The standard InChI is InChI=1S/C9H13N3/c1-7-5-11-8-6-10-4-3-9(8)12(7)2/h3-4,6-7,11H,5H2,1-2H3. The van der Waals surface area contributed by atoms with Crippen LogP contribution in [0.25, 0.3) is 0 Å². The summed E-state index contributed by atoms with van der Waals surface area (Å²) in [6.45, 7) is 3.20. The van der Waals surface area contributed by atoms with Gasteiger partial charge in [-0.3, -0.25) is 4.98 Å². The monoisotopic (exact) mass is 163 g/mol. The SMILES string of the molecule is CC1CNc2cnccc2N1C. The van der Waals surface area contributed by atoms with Gasteiger partial charge in [0.2, 0.25) is 0 Å². The average molecular weight is 163 g/mol. The van der Waals surface area contributed by atoms with Crippen molar-refractivity contribution in [3.63, 3.8) is 0 Å². The third kappa shape index (κ3) is 1.02. The molecule has 64 valence electrons. The van der Waals surface area contributed by atoms with Gasteiger partial charge in [-0.25, -0.2) is 0 Å². The Labute approximate surface area is 72.4 Å². The molecule has 0 saturated heterocycles. The van der Waals surface area contributed by atoms with Crippen LogP contribution in [-0.2, 0) is 0 Å². The van der Waals surface area contributed by atoms with Crippen molar-refractivity contribution in [3.05, 3.63) is 18.5 Å². The van der Waals surface area contributed by atoms with E-state index in [0.29, 0.717) is 6.04 Å². The first-order chi connectivity index (χ1) is 5.79. The molecule has 3 heteroatoms. The van der Waals surface area contributed by atoms with Crippen molar-refractivity contribution >= 4 is 11.4 Å². The van der Waals surface area contributed by atoms with Crippen molar-refractivity contribution < 1.29 is 0 Å². The molecular formula is C9H13N3. The molecule has 2 rings (SSSR count). The first kappa shape index (κ1) is 7.40. The molecule has 0 amide bonds. The number of rotatable bonds is 0. The number of hydrogen-bond donors (Lipinski definition) is 1. The Bertz CT molecular complexity index is 285. The Morgan fingerprint density at radius 3 is 3.33 bits per heavy atom. The van der Waals surface area contributed by atoms with E-state index in [1.807, 2.05) is 18.5 Å². The van der Waals surface area contributed by atoms with Crippen LogP contribution in [-0.4, -0.2) is 24.6 Å². The summed E-state index contributed by atoms with van der Waals surface area (Å²) in [5, 5.41) is 3.34. The van der Waals surface area contributed by atoms with Gasteiger partial charge in [0.15, 0.2) is 0 Å². The van der Waals surface area contributed by atoms with Crippen LogP contribution in [0.4, 0.5) is 11.4 Å². The normalized spacial score (nSPS) is 21.5. The highest BCUT2D eigenvalue weighted by molar-refractivity contribution is 5.70. The summed E-state index contributed by atoms with van der Waals surface area (Å²) in [4.78, 5) is 6.34. The molecule has 0 spiro atoms. The van der Waals surface area contributed by atoms with E-state index in [0.717, 1.165) is 12.2 Å². The summed E-state index contributed by atoms with van der Waals surface area (Å²) >= 11 is 0. The Morgan fingerprint density at radius 1 is 1.67 bits per heavy atom. The third-order valence-electron chi connectivity index (χ3n) is 2.43. The molecule has 0 bridgehead atoms. The van der Waals surface area contributed by atoms with Crippen molar-refractivity contribution in [1.82, 2.24) is 4.98 Å². The lowest BCUT2D eigenvalue weighted by Gasteiger charge is -2.34. The molecule has 1 aliphatic heterocycles. The summed E-state index contributed by atoms with van der Waals surface area (Å²) in [6.07, 6.45) is 3.70. The number of nitrogens with zero attached hydrogens (tertiary/aromatic N) is 2. The van der Waals surface area contributed by atoms with Crippen LogP contribution in [0, 0.1) is 0 Å². The second-order valence-corrected chi connectivity index (χ2v) is 3.23. The van der Waals surface area contributed by atoms with Crippen LogP contribution in [0.3, 0.4) is 0 Å². The molecule has 3 nitrogen and oxygen atoms in total. The second kappa shape index (κ2) is 2.66. The Hall–Kier alpha value is -1.25. The zero-order chi connectivity index (χ0) is 8.55. The second-order valence-electron chi connectivity index (χ2n) is 3.23. The number of anilines is 2. The largest absolute Gasteiger partial charge is 0.380 e. The lowest BCUT2D eigenvalue weighted by atomic mass is 10.2. The first-order valence-corrected chi connectivity index (χ1v) is 4.20. The van der Waals surface area contributed by atoms with Crippen LogP contribution in [0.2, 0.25) is 0 Å². The number of nitrogens with one attached hydrogen (secondary N) is 1. The van der Waals surface area contributed by atoms with Crippen molar-refractivity contribution in [2.75, 3.05) is 23.8 Å². The maximum atomic E-state index is 4.07. The predicted molar refractivity (Wildman–Crippen MR) is 50.6 cm³/mol. The van der Waals surface area contributed by atoms with Gasteiger partial charge in [0.1, 0.15) is 0 Å². The lowest BCUT2D eigenvalue weighted by molar-refractivity contribution is 0.698. The predicted octanol–water partition coefficient (Wildman–Crippen LogP) is 1.33. The minimum Gasteiger partial charge on any atom is -0.380 e. The fourth-order valence-electron chi connectivity index (χ4n) is 1.46. The van der Waals surface area contributed by atoms with Gasteiger partial charge in [-0.15, -0.1) is 0 Å². The van der Waals surface area contributed by atoms with Gasteiger partial charge < -0.3 is 10.2 Å². The zero-order valence-electron chi connectivity index (χ0n) is 7.41. The van der Waals surface area contributed by atoms with Crippen molar-refractivity contribution in [3.8, 4) is 0 Å². The van der Waals surface area contributed by atoms with Gasteiger partial charge in [0, 0.05) is 25.8 Å². The Balaban J connectivity index is 2.42. The molecule has 0 aliphatic carbocycles. The van der Waals surface area contributed by atoms with Crippen LogP contribution in [0.15, 0.2) is 18.5 Å². The Kier molecular flexibility index (Phi) is 1.64. The minimum absolute atomic E-state index is 0.555. The number of pyridine rings is 1. The molecule has 0 aromatic carbocycles. The van der Waals surface area contributed by atoms with E-state index >= 15 is 0 Å². The molecule has 0 saturated carbocycles. The summed E-state index contributed by atoms with van der Waals surface area (Å²) < 4.78 is 0. The minimum atomic E-state index is 0.555. The molecule has 12 heavy (non-hydrogen) atoms. The fourth-order valence-corrected chi connectivity index (χ4v) is 1.46. The lowest BCUT2D eigenvalue weighted by Crippen LogP contribution is -2.39. The summed E-state index contributed by atoms with van der Waals surface area (Å²) in [5.74, 6) is 0. The highest BCUT2D eigenvalue weighted by atomic mass is 15.2. The zero-order valence-corrected chi connectivity index (χ0v) is 7.41. The smallest absolute Gasteiger partial charge is 0.0765 e. The summed E-state index contributed by atoms with van der Waals surface area (Å²) in [7, 11) is 2.12. The molecule has 1 N–H and O–H groups in total. The van der Waals surface area contributed by atoms with E-state index in [2.05, 4.69) is 29.2 Å². The molecule has 2 heterocycles. The topological polar surface area (TPSA) is 28.2 Å². The summed E-state index contributed by atoms with van der Waals surface area (Å²) in [5.41, 5.74) is 2.38. The van der Waals surface area contributed by atoms with Crippen LogP contribution >= 0.6 is 0 Å². The first-order valence-electron chi connectivity index (χ1n) is 4.20. The van der Waals surface area contributed by atoms with Crippen LogP contribution < -0.4 is 10.2 Å². The van der Waals surface area contributed by atoms with Gasteiger partial charge >= 0.3 is 0 Å². The summed E-state index contributed by atoms with van der Waals surface area (Å²) in [6, 6.07) is 2.60. The van der Waals surface area contributed by atoms with Crippen molar-refractivity contribution in [1.29, 1.82) is 0 Å². The van der Waals surface area contributed by atoms with E-state index in [1.54, 1.807) is 0 Å². The number of fused-ring (bicyclic) bond motifs is 1. The number of aromatic nitrogens is 1. The number of likely N-dealkylation sites (N-methyl/N-ethyl adjacent to an activating group) is 1. The van der Waals surface area contributed by atoms with Gasteiger partial charge in [-0.1, -0.05) is 0 Å². The van der Waals surface area contributed by atoms with E-state index in [1.165, 1.54) is 5.69 Å². The average Bonchev–Trinajstić information content (AvgIpc) is 2.12. The van der Waals surface area contributed by atoms with Gasteiger partial charge in [-0.2, -0.15) is 0 Å². The molecule has 0 fully saturated rings. The van der Waals surface area contributed by atoms with Crippen molar-refractivity contribution in [2.24, 2.45) is 0 Å². The maximum Gasteiger partial charge on any atom is 0.0765 e. The van der Waals surface area contributed by atoms with E-state index in [-0.39, 0.29) is 0 Å². The van der Waals surface area contributed by atoms with E-state index in [9.17, 15) is 0 Å². The van der Waals surface area contributed by atoms with Crippen LogP contribution in [0.1, 0.15) is 6.92 Å². The van der Waals surface area contributed by atoms with E-state index in [4.69, 9.17) is 0 Å². The molecule has 1 atom stereocenters. The third-order valence-corrected chi connectivity index (χ3v) is 2.43.